The third kappa shape index (κ3) is 4.86. The fraction of sp³-hybridized carbons (Fsp3) is 0.545. The SMILES string of the molecule is Cc1cnc(N2CC[C@H](N3CCN(CCc4ccccc4)CC3)[C@@H](O)C2)nc1N. The zero-order valence-corrected chi connectivity index (χ0v) is 17.2. The van der Waals surface area contributed by atoms with E-state index >= 15 is 0 Å². The van der Waals surface area contributed by atoms with Crippen LogP contribution in [0.5, 0.6) is 0 Å². The molecule has 29 heavy (non-hydrogen) atoms. The Morgan fingerprint density at radius 3 is 2.55 bits per heavy atom. The summed E-state index contributed by atoms with van der Waals surface area (Å²) in [6.45, 7) is 8.58. The fourth-order valence-corrected chi connectivity index (χ4v) is 4.38. The number of aliphatic hydroxyl groups excluding tert-OH is 1. The van der Waals surface area contributed by atoms with E-state index in [1.54, 1.807) is 6.20 Å². The van der Waals surface area contributed by atoms with Gasteiger partial charge in [-0.2, -0.15) is 4.98 Å². The van der Waals surface area contributed by atoms with Gasteiger partial charge in [0, 0.05) is 63.6 Å². The van der Waals surface area contributed by atoms with E-state index < -0.39 is 6.10 Å². The van der Waals surface area contributed by atoms with Crippen molar-refractivity contribution in [1.82, 2.24) is 19.8 Å². The summed E-state index contributed by atoms with van der Waals surface area (Å²) in [5, 5.41) is 10.8. The first-order valence-electron chi connectivity index (χ1n) is 10.6. The molecular formula is C22H32N6O. The molecule has 4 rings (SSSR count). The van der Waals surface area contributed by atoms with E-state index in [1.165, 1.54) is 5.56 Å². The molecule has 156 valence electrons. The number of nitrogens with zero attached hydrogens (tertiary/aromatic N) is 5. The number of piperidine rings is 1. The molecule has 2 aliphatic heterocycles. The molecular weight excluding hydrogens is 364 g/mol. The highest BCUT2D eigenvalue weighted by Crippen LogP contribution is 2.22. The Balaban J connectivity index is 1.26. The first-order valence-corrected chi connectivity index (χ1v) is 10.6. The third-order valence-electron chi connectivity index (χ3n) is 6.26. The molecule has 3 N–H and O–H groups in total. The molecule has 0 spiro atoms. The normalized spacial score (nSPS) is 24.0. The summed E-state index contributed by atoms with van der Waals surface area (Å²) in [5.74, 6) is 1.13. The number of β-amino-alcohol motifs (C(OH)–C–C–N with tert-alkyl or cyclic N) is 1. The molecule has 2 aromatic rings. The molecule has 1 aromatic heterocycles. The van der Waals surface area contributed by atoms with Gasteiger partial charge in [0.25, 0.3) is 0 Å². The van der Waals surface area contributed by atoms with Crippen LogP contribution in [0.2, 0.25) is 0 Å². The minimum atomic E-state index is -0.397. The number of nitrogen functional groups attached to an aromatic ring is 1. The van der Waals surface area contributed by atoms with Gasteiger partial charge >= 0.3 is 0 Å². The number of aliphatic hydroxyl groups is 1. The second-order valence-electron chi connectivity index (χ2n) is 8.22. The molecule has 2 atom stereocenters. The maximum Gasteiger partial charge on any atom is 0.227 e. The lowest BCUT2D eigenvalue weighted by Crippen LogP contribution is -2.59. The second kappa shape index (κ2) is 9.07. The summed E-state index contributed by atoms with van der Waals surface area (Å²) < 4.78 is 0. The van der Waals surface area contributed by atoms with Crippen LogP contribution in [0.25, 0.3) is 0 Å². The van der Waals surface area contributed by atoms with Crippen LogP contribution in [0.1, 0.15) is 17.5 Å². The lowest BCUT2D eigenvalue weighted by molar-refractivity contribution is 0.00954. The zero-order valence-electron chi connectivity index (χ0n) is 17.2. The van der Waals surface area contributed by atoms with E-state index in [-0.39, 0.29) is 6.04 Å². The van der Waals surface area contributed by atoms with Gasteiger partial charge in [0.2, 0.25) is 5.95 Å². The molecule has 0 unspecified atom stereocenters. The highest BCUT2D eigenvalue weighted by molar-refractivity contribution is 5.43. The molecule has 0 radical (unpaired) electrons. The van der Waals surface area contributed by atoms with E-state index in [9.17, 15) is 5.11 Å². The van der Waals surface area contributed by atoms with E-state index in [0.717, 1.165) is 57.7 Å². The molecule has 0 aliphatic carbocycles. The Labute approximate surface area is 173 Å². The monoisotopic (exact) mass is 396 g/mol. The van der Waals surface area contributed by atoms with Gasteiger partial charge in [-0.15, -0.1) is 0 Å². The predicted molar refractivity (Wildman–Crippen MR) is 116 cm³/mol. The third-order valence-corrected chi connectivity index (χ3v) is 6.26. The van der Waals surface area contributed by atoms with Crippen LogP contribution < -0.4 is 10.6 Å². The molecule has 2 aliphatic rings. The largest absolute Gasteiger partial charge is 0.390 e. The zero-order chi connectivity index (χ0) is 20.2. The van der Waals surface area contributed by atoms with Gasteiger partial charge in [-0.25, -0.2) is 4.98 Å². The Hall–Kier alpha value is -2.22. The van der Waals surface area contributed by atoms with Crippen LogP contribution in [0.3, 0.4) is 0 Å². The topological polar surface area (TPSA) is 81.8 Å². The van der Waals surface area contributed by atoms with E-state index in [4.69, 9.17) is 5.73 Å². The molecule has 0 saturated carbocycles. The number of aryl methyl sites for hydroxylation is 1. The number of hydrogen-bond acceptors (Lipinski definition) is 7. The number of aromatic nitrogens is 2. The van der Waals surface area contributed by atoms with Gasteiger partial charge in [-0.05, 0) is 25.3 Å². The fourth-order valence-electron chi connectivity index (χ4n) is 4.38. The van der Waals surface area contributed by atoms with Crippen molar-refractivity contribution in [3.8, 4) is 0 Å². The highest BCUT2D eigenvalue weighted by Gasteiger charge is 2.34. The van der Waals surface area contributed by atoms with Crippen LogP contribution in [0.15, 0.2) is 36.5 Å². The van der Waals surface area contributed by atoms with Crippen molar-refractivity contribution in [2.24, 2.45) is 0 Å². The minimum Gasteiger partial charge on any atom is -0.390 e. The van der Waals surface area contributed by atoms with Gasteiger partial charge in [0.05, 0.1) is 6.10 Å². The quantitative estimate of drug-likeness (QED) is 0.785. The smallest absolute Gasteiger partial charge is 0.227 e. The van der Waals surface area contributed by atoms with Crippen LogP contribution in [-0.2, 0) is 6.42 Å². The van der Waals surface area contributed by atoms with E-state index in [0.29, 0.717) is 18.3 Å². The van der Waals surface area contributed by atoms with Crippen molar-refractivity contribution in [3.63, 3.8) is 0 Å². The van der Waals surface area contributed by atoms with Crippen molar-refractivity contribution in [1.29, 1.82) is 0 Å². The van der Waals surface area contributed by atoms with Crippen molar-refractivity contribution in [3.05, 3.63) is 47.7 Å². The first kappa shape index (κ1) is 20.1. The summed E-state index contributed by atoms with van der Waals surface area (Å²) in [5.41, 5.74) is 8.21. The molecule has 2 fully saturated rings. The summed E-state index contributed by atoms with van der Waals surface area (Å²) in [7, 11) is 0. The lowest BCUT2D eigenvalue weighted by atomic mass is 9.99. The number of hydrogen-bond donors (Lipinski definition) is 2. The van der Waals surface area contributed by atoms with Crippen LogP contribution in [0.4, 0.5) is 11.8 Å². The molecule has 3 heterocycles. The average Bonchev–Trinajstić information content (AvgIpc) is 2.75. The van der Waals surface area contributed by atoms with Crippen LogP contribution in [-0.4, -0.2) is 82.8 Å². The van der Waals surface area contributed by atoms with Gasteiger partial charge in [-0.1, -0.05) is 30.3 Å². The maximum atomic E-state index is 10.8. The lowest BCUT2D eigenvalue weighted by Gasteiger charge is -2.45. The summed E-state index contributed by atoms with van der Waals surface area (Å²) in [6, 6.07) is 10.9. The molecule has 7 nitrogen and oxygen atoms in total. The number of anilines is 2. The first-order chi connectivity index (χ1) is 14.1. The number of piperazine rings is 1. The number of rotatable bonds is 5. The van der Waals surface area contributed by atoms with E-state index in [2.05, 4.69) is 50.1 Å². The Kier molecular flexibility index (Phi) is 6.28. The highest BCUT2D eigenvalue weighted by atomic mass is 16.3. The molecule has 0 amide bonds. The molecule has 0 bridgehead atoms. The van der Waals surface area contributed by atoms with Crippen molar-refractivity contribution >= 4 is 11.8 Å². The molecule has 2 saturated heterocycles. The van der Waals surface area contributed by atoms with Crippen LogP contribution in [0, 0.1) is 6.92 Å². The Bertz CT molecular complexity index is 793. The number of benzene rings is 1. The van der Waals surface area contributed by atoms with Gasteiger partial charge < -0.3 is 20.6 Å². The van der Waals surface area contributed by atoms with Crippen molar-refractivity contribution in [2.75, 3.05) is 56.4 Å². The van der Waals surface area contributed by atoms with Crippen molar-refractivity contribution in [2.45, 2.75) is 31.9 Å². The summed E-state index contributed by atoms with van der Waals surface area (Å²) >= 11 is 0. The van der Waals surface area contributed by atoms with E-state index in [1.807, 2.05) is 11.8 Å². The standard InChI is InChI=1S/C22H32N6O/c1-17-15-24-22(25-21(17)23)28-10-8-19(20(29)16-28)27-13-11-26(12-14-27)9-7-18-5-3-2-4-6-18/h2-6,15,19-20,29H,7-14,16H2,1H3,(H2,23,24,25)/t19-,20-/m0/s1. The second-order valence-corrected chi connectivity index (χ2v) is 8.22. The predicted octanol–water partition coefficient (Wildman–Crippen LogP) is 1.17. The van der Waals surface area contributed by atoms with Gasteiger partial charge in [0.15, 0.2) is 0 Å². The van der Waals surface area contributed by atoms with Crippen LogP contribution >= 0.6 is 0 Å². The molecule has 7 heteroatoms. The minimum absolute atomic E-state index is 0.213. The van der Waals surface area contributed by atoms with Gasteiger partial charge in [-0.3, -0.25) is 4.90 Å². The van der Waals surface area contributed by atoms with Crippen molar-refractivity contribution < 1.29 is 5.11 Å². The van der Waals surface area contributed by atoms with Gasteiger partial charge in [0.1, 0.15) is 5.82 Å². The maximum absolute atomic E-state index is 10.8. The molecule has 1 aromatic carbocycles. The summed E-state index contributed by atoms with van der Waals surface area (Å²) in [4.78, 5) is 15.8. The average molecular weight is 397 g/mol. The Morgan fingerprint density at radius 1 is 1.10 bits per heavy atom. The number of nitrogens with two attached hydrogens (primary N) is 1. The Morgan fingerprint density at radius 2 is 1.86 bits per heavy atom. The summed E-state index contributed by atoms with van der Waals surface area (Å²) in [6.07, 6.45) is 3.38.